The Kier molecular flexibility index (Phi) is 35.4. The fourth-order valence-corrected chi connectivity index (χ4v) is 12.6. The second kappa shape index (κ2) is 40.7. The van der Waals surface area contributed by atoms with E-state index in [2.05, 4.69) is 277 Å². The molecule has 5 fully saturated rings. The standard InChI is InChI=1S/C16H27N3.C15H25N3.C14H24N4.C11H23N.C10H22N2.C10H16N2/c1-12(2)11-14-7-9-19(10-8-14)16-6-5-15(13(3)4)17-18-16;1-11(2)13-5-7-18(8-6-13)15-16-9-14(10-17-15)12(3)4;1-11(2)13-5-6-14(16-15-13)18-9-7-17(8-10-18)12(3)4;2*1-9(2)11-5-7-12(8-6-11)10(3)4;1-7(2)9-5-6-10(8(3)4)12-11-9/h5-6,12-14H,7-11H2,1-4H3;9-13H,5-8H2,1-4H3;5-6,11-12H,7-10H2,1-4H3;9-11H,5-8H2,1-4H3;9-10H,5-8H2,1-4H3;5-8H,1-4H3. The van der Waals surface area contributed by atoms with Crippen LogP contribution in [0.4, 0.5) is 17.6 Å². The number of likely N-dealkylation sites (tertiary alicyclic amines) is 1. The number of hydrogen-bond donors (Lipinski definition) is 0. The van der Waals surface area contributed by atoms with E-state index >= 15 is 0 Å². The second-order valence-corrected chi connectivity index (χ2v) is 30.8. The van der Waals surface area contributed by atoms with E-state index in [1.165, 1.54) is 89.8 Å². The normalized spacial score (nSPS) is 18.1. The van der Waals surface area contributed by atoms with Gasteiger partial charge >= 0.3 is 0 Å². The van der Waals surface area contributed by atoms with Crippen LogP contribution in [0.1, 0.15) is 269 Å². The van der Waals surface area contributed by atoms with Crippen LogP contribution in [-0.4, -0.2) is 176 Å². The van der Waals surface area contributed by atoms with Crippen molar-refractivity contribution in [2.75, 3.05) is 106 Å². The number of rotatable bonds is 16. The van der Waals surface area contributed by atoms with Crippen LogP contribution in [0.25, 0.3) is 0 Å². The Balaban J connectivity index is 0.000000236. The van der Waals surface area contributed by atoms with Crippen molar-refractivity contribution >= 4 is 17.6 Å². The van der Waals surface area contributed by atoms with Crippen LogP contribution in [0.2, 0.25) is 0 Å². The summed E-state index contributed by atoms with van der Waals surface area (Å²) in [4.78, 5) is 26.3. The lowest BCUT2D eigenvalue weighted by Crippen LogP contribution is -2.50. The predicted molar refractivity (Wildman–Crippen MR) is 389 cm³/mol. The summed E-state index contributed by atoms with van der Waals surface area (Å²) in [6, 6.07) is 15.4. The van der Waals surface area contributed by atoms with E-state index in [9.17, 15) is 0 Å². The third kappa shape index (κ3) is 28.2. The Morgan fingerprint density at radius 2 is 0.615 bits per heavy atom. The van der Waals surface area contributed by atoms with Gasteiger partial charge in [0.1, 0.15) is 0 Å². The number of anilines is 3. The zero-order valence-electron chi connectivity index (χ0n) is 62.8. The summed E-state index contributed by atoms with van der Waals surface area (Å²) in [5, 5.41) is 25.7. The minimum absolute atomic E-state index is 0.448. The van der Waals surface area contributed by atoms with E-state index in [1.54, 1.807) is 0 Å². The maximum Gasteiger partial charge on any atom is 0.225 e. The average Bonchev–Trinajstić information content (AvgIpc) is 1.61. The van der Waals surface area contributed by atoms with Crippen LogP contribution in [0, 0.1) is 35.5 Å². The first-order valence-corrected chi connectivity index (χ1v) is 36.6. The zero-order chi connectivity index (χ0) is 67.5. The van der Waals surface area contributed by atoms with Gasteiger partial charge in [0, 0.05) is 115 Å². The Hall–Kier alpha value is -4.44. The summed E-state index contributed by atoms with van der Waals surface area (Å²) in [6.07, 6.45) is 13.3. The molecular formula is C76H137N15. The molecule has 5 aliphatic rings. The van der Waals surface area contributed by atoms with Crippen LogP contribution in [-0.2, 0) is 0 Å². The zero-order valence-corrected chi connectivity index (χ0v) is 62.8. The van der Waals surface area contributed by atoms with Crippen LogP contribution < -0.4 is 14.7 Å². The lowest BCUT2D eigenvalue weighted by atomic mass is 9.86. The summed E-state index contributed by atoms with van der Waals surface area (Å²) in [5.74, 6) is 10.6. The quantitative estimate of drug-likeness (QED) is 0.106. The van der Waals surface area contributed by atoms with Crippen molar-refractivity contribution in [2.24, 2.45) is 35.5 Å². The average molecular weight is 1260 g/mol. The summed E-state index contributed by atoms with van der Waals surface area (Å²) >= 11 is 0. The van der Waals surface area contributed by atoms with E-state index in [0.717, 1.165) is 146 Å². The molecule has 0 aliphatic carbocycles. The molecule has 0 N–H and O–H groups in total. The van der Waals surface area contributed by atoms with Crippen molar-refractivity contribution in [3.8, 4) is 0 Å². The molecule has 0 unspecified atom stereocenters. The molecule has 4 aromatic rings. The molecule has 15 nitrogen and oxygen atoms in total. The van der Waals surface area contributed by atoms with Gasteiger partial charge in [-0.15, -0.1) is 10.2 Å². The number of aromatic nitrogens is 8. The van der Waals surface area contributed by atoms with Gasteiger partial charge in [0.05, 0.1) is 22.8 Å². The molecule has 15 heteroatoms. The number of piperazine rings is 2. The van der Waals surface area contributed by atoms with E-state index in [4.69, 9.17) is 0 Å². The predicted octanol–water partition coefficient (Wildman–Crippen LogP) is 16.4. The topological polar surface area (TPSA) is 126 Å². The molecule has 9 heterocycles. The molecule has 0 atom stereocenters. The maximum atomic E-state index is 4.51. The molecule has 0 saturated carbocycles. The fourth-order valence-electron chi connectivity index (χ4n) is 12.6. The van der Waals surface area contributed by atoms with Crippen molar-refractivity contribution in [1.82, 2.24) is 60.2 Å². The maximum absolute atomic E-state index is 4.51. The molecule has 0 bridgehead atoms. The highest BCUT2D eigenvalue weighted by molar-refractivity contribution is 5.39. The van der Waals surface area contributed by atoms with Gasteiger partial charge < -0.3 is 19.6 Å². The largest absolute Gasteiger partial charge is 0.355 e. The molecule has 5 aliphatic heterocycles. The summed E-state index contributed by atoms with van der Waals surface area (Å²) in [6.45, 7) is 70.1. The summed E-state index contributed by atoms with van der Waals surface area (Å²) < 4.78 is 0. The van der Waals surface area contributed by atoms with Crippen molar-refractivity contribution in [1.29, 1.82) is 0 Å². The minimum atomic E-state index is 0.448. The lowest BCUT2D eigenvalue weighted by molar-refractivity contribution is 0.0887. The van der Waals surface area contributed by atoms with E-state index < -0.39 is 0 Å². The fraction of sp³-hybridized carbons (Fsp3) is 0.789. The third-order valence-corrected chi connectivity index (χ3v) is 19.7. The van der Waals surface area contributed by atoms with E-state index in [-0.39, 0.29) is 0 Å². The molecule has 91 heavy (non-hydrogen) atoms. The first-order chi connectivity index (χ1) is 43.0. The van der Waals surface area contributed by atoms with Gasteiger partial charge in [-0.05, 0) is 220 Å². The molecule has 9 rings (SSSR count). The van der Waals surface area contributed by atoms with Crippen LogP contribution in [0.3, 0.4) is 0 Å². The highest BCUT2D eigenvalue weighted by Gasteiger charge is 2.26. The van der Waals surface area contributed by atoms with Gasteiger partial charge in [0.2, 0.25) is 5.95 Å². The monoisotopic (exact) mass is 1260 g/mol. The highest BCUT2D eigenvalue weighted by atomic mass is 15.3. The molecule has 0 amide bonds. The van der Waals surface area contributed by atoms with Gasteiger partial charge in [-0.25, -0.2) is 9.97 Å². The Bertz CT molecular complexity index is 2280. The van der Waals surface area contributed by atoms with Crippen molar-refractivity contribution < 1.29 is 0 Å². The SMILES string of the molecule is CC(C)C1CCN(C(C)C)CC1.CC(C)CC1CCN(c2ccc(C(C)C)nn2)CC1.CC(C)N1CCN(C(C)C)CC1.CC(C)c1ccc(C(C)C)nn1.CC(C)c1ccc(N2CCN(C(C)C)CC2)nn1.CC(C)c1cnc(N2CCC(C(C)C)CC2)nc1. The first kappa shape index (κ1) is 79.0. The second-order valence-electron chi connectivity index (χ2n) is 30.8. The van der Waals surface area contributed by atoms with Crippen molar-refractivity contribution in [3.05, 3.63) is 77.1 Å². The molecule has 4 aromatic heterocycles. The van der Waals surface area contributed by atoms with E-state index in [1.807, 2.05) is 12.4 Å². The van der Waals surface area contributed by atoms with Gasteiger partial charge in [0.15, 0.2) is 11.6 Å². The van der Waals surface area contributed by atoms with Crippen LogP contribution >= 0.6 is 0 Å². The Morgan fingerprint density at radius 1 is 0.319 bits per heavy atom. The van der Waals surface area contributed by atoms with Gasteiger partial charge in [-0.3, -0.25) is 14.7 Å². The first-order valence-electron chi connectivity index (χ1n) is 36.6. The number of piperidine rings is 3. The Morgan fingerprint density at radius 3 is 0.901 bits per heavy atom. The highest BCUT2D eigenvalue weighted by Crippen LogP contribution is 2.29. The van der Waals surface area contributed by atoms with Gasteiger partial charge in [-0.2, -0.15) is 20.4 Å². The summed E-state index contributed by atoms with van der Waals surface area (Å²) in [7, 11) is 0. The van der Waals surface area contributed by atoms with Crippen LogP contribution in [0.15, 0.2) is 48.8 Å². The molecule has 0 aromatic carbocycles. The molecule has 0 spiro atoms. The molecule has 0 radical (unpaired) electrons. The van der Waals surface area contributed by atoms with Crippen LogP contribution in [0.5, 0.6) is 0 Å². The minimum Gasteiger partial charge on any atom is -0.355 e. The van der Waals surface area contributed by atoms with Gasteiger partial charge in [0.25, 0.3) is 0 Å². The van der Waals surface area contributed by atoms with E-state index in [0.29, 0.717) is 35.6 Å². The molecular weight excluding hydrogens is 1120 g/mol. The molecule has 516 valence electrons. The van der Waals surface area contributed by atoms with Crippen molar-refractivity contribution in [2.45, 2.75) is 265 Å². The summed E-state index contributed by atoms with van der Waals surface area (Å²) in [5.41, 5.74) is 5.51. The third-order valence-electron chi connectivity index (χ3n) is 19.7. The number of hydrogen-bond acceptors (Lipinski definition) is 15. The number of nitrogens with zero attached hydrogens (tertiary/aromatic N) is 15. The smallest absolute Gasteiger partial charge is 0.225 e. The van der Waals surface area contributed by atoms with Crippen molar-refractivity contribution in [3.63, 3.8) is 0 Å². The molecule has 5 saturated heterocycles. The Labute approximate surface area is 558 Å². The van der Waals surface area contributed by atoms with Gasteiger partial charge in [-0.1, -0.05) is 111 Å². The lowest BCUT2D eigenvalue weighted by Gasteiger charge is -2.38.